The van der Waals surface area contributed by atoms with Gasteiger partial charge >= 0.3 is 0 Å². The molecule has 5 nitrogen and oxygen atoms in total. The van der Waals surface area contributed by atoms with Crippen molar-refractivity contribution in [2.75, 3.05) is 5.75 Å². The summed E-state index contributed by atoms with van der Waals surface area (Å²) in [6, 6.07) is 10.4. The second kappa shape index (κ2) is 8.15. The molecule has 2 heterocycles. The maximum atomic E-state index is 4.40. The molecule has 0 aliphatic heterocycles. The van der Waals surface area contributed by atoms with Gasteiger partial charge in [0.25, 0.3) is 0 Å². The highest BCUT2D eigenvalue weighted by Gasteiger charge is 2.11. The molecule has 2 aromatic heterocycles. The molecule has 0 amide bonds. The maximum Gasteiger partial charge on any atom is 0.191 e. The van der Waals surface area contributed by atoms with Crippen LogP contribution >= 0.6 is 11.8 Å². The van der Waals surface area contributed by atoms with Gasteiger partial charge in [0, 0.05) is 32.0 Å². The van der Waals surface area contributed by atoms with Crippen LogP contribution in [-0.2, 0) is 26.4 Å². The molecule has 0 saturated carbocycles. The van der Waals surface area contributed by atoms with E-state index in [4.69, 9.17) is 0 Å². The second-order valence-corrected chi connectivity index (χ2v) is 6.84. The summed E-state index contributed by atoms with van der Waals surface area (Å²) >= 11 is 1.79. The van der Waals surface area contributed by atoms with Crippen molar-refractivity contribution in [2.24, 2.45) is 7.05 Å². The molecule has 126 valence electrons. The van der Waals surface area contributed by atoms with Gasteiger partial charge in [-0.05, 0) is 30.9 Å². The highest BCUT2D eigenvalue weighted by molar-refractivity contribution is 7.99. The van der Waals surface area contributed by atoms with E-state index >= 15 is 0 Å². The van der Waals surface area contributed by atoms with Gasteiger partial charge in [0.2, 0.25) is 0 Å². The number of aryl methyl sites for hydroxylation is 2. The minimum absolute atomic E-state index is 0.831. The van der Waals surface area contributed by atoms with Crippen LogP contribution in [0.4, 0.5) is 0 Å². The molecule has 0 N–H and O–H groups in total. The van der Waals surface area contributed by atoms with Crippen molar-refractivity contribution < 1.29 is 0 Å². The smallest absolute Gasteiger partial charge is 0.191 e. The lowest BCUT2D eigenvalue weighted by Gasteiger charge is -2.07. The molecule has 0 radical (unpaired) electrons. The van der Waals surface area contributed by atoms with E-state index in [0.29, 0.717) is 0 Å². The number of hydrogen-bond acceptors (Lipinski definition) is 4. The Bertz CT molecular complexity index is 763. The summed E-state index contributed by atoms with van der Waals surface area (Å²) < 4.78 is 4.08. The summed E-state index contributed by atoms with van der Waals surface area (Å²) in [4.78, 5) is 0. The first-order valence-corrected chi connectivity index (χ1v) is 9.31. The van der Waals surface area contributed by atoms with Crippen molar-refractivity contribution in [1.29, 1.82) is 0 Å². The Labute approximate surface area is 147 Å². The predicted octanol–water partition coefficient (Wildman–Crippen LogP) is 3.35. The molecular weight excluding hydrogens is 318 g/mol. The fourth-order valence-corrected chi connectivity index (χ4v) is 3.65. The van der Waals surface area contributed by atoms with Crippen LogP contribution in [0.3, 0.4) is 0 Å². The Morgan fingerprint density at radius 3 is 2.62 bits per heavy atom. The highest BCUT2D eigenvalue weighted by atomic mass is 32.2. The van der Waals surface area contributed by atoms with Crippen LogP contribution in [0.5, 0.6) is 0 Å². The number of aromatic nitrogens is 5. The average Bonchev–Trinajstić information content (AvgIpc) is 3.18. The van der Waals surface area contributed by atoms with E-state index in [1.54, 1.807) is 11.8 Å². The van der Waals surface area contributed by atoms with Gasteiger partial charge in [-0.25, -0.2) is 0 Å². The van der Waals surface area contributed by atoms with Crippen LogP contribution in [-0.4, -0.2) is 30.3 Å². The second-order valence-electron chi connectivity index (χ2n) is 5.78. The molecule has 24 heavy (non-hydrogen) atoms. The zero-order valence-electron chi connectivity index (χ0n) is 14.2. The van der Waals surface area contributed by atoms with Crippen LogP contribution in [0.25, 0.3) is 0 Å². The summed E-state index contributed by atoms with van der Waals surface area (Å²) in [6.07, 6.45) is 7.02. The Balaban J connectivity index is 1.55. The standard InChI is InChI=1S/C18H23N5S/c1-3-23-17(12-15-8-5-4-6-9-15)20-21-18(23)24-11-7-10-16-13-19-22(2)14-16/h4-6,8-9,13-14H,3,7,10-12H2,1-2H3. The SMILES string of the molecule is CCn1c(Cc2ccccc2)nnc1SCCCc1cnn(C)c1. The average molecular weight is 341 g/mol. The molecule has 1 aromatic carbocycles. The molecule has 0 fully saturated rings. The lowest BCUT2D eigenvalue weighted by atomic mass is 10.1. The topological polar surface area (TPSA) is 48.5 Å². The van der Waals surface area contributed by atoms with E-state index in [-0.39, 0.29) is 0 Å². The molecule has 6 heteroatoms. The third-order valence-corrected chi connectivity index (χ3v) is 4.97. The van der Waals surface area contributed by atoms with Crippen molar-refractivity contribution in [3.05, 3.63) is 59.7 Å². The molecule has 0 saturated heterocycles. The van der Waals surface area contributed by atoms with Gasteiger partial charge in [0.15, 0.2) is 5.16 Å². The first kappa shape index (κ1) is 16.8. The molecule has 0 bridgehead atoms. The Hall–Kier alpha value is -2.08. The van der Waals surface area contributed by atoms with Crippen molar-refractivity contribution in [3.63, 3.8) is 0 Å². The molecule has 0 unspecified atom stereocenters. The van der Waals surface area contributed by atoms with E-state index < -0.39 is 0 Å². The monoisotopic (exact) mass is 341 g/mol. The van der Waals surface area contributed by atoms with Crippen LogP contribution in [0.2, 0.25) is 0 Å². The van der Waals surface area contributed by atoms with E-state index in [9.17, 15) is 0 Å². The summed E-state index contributed by atoms with van der Waals surface area (Å²) in [5.74, 6) is 2.08. The zero-order chi connectivity index (χ0) is 16.8. The van der Waals surface area contributed by atoms with Crippen molar-refractivity contribution in [3.8, 4) is 0 Å². The minimum Gasteiger partial charge on any atom is -0.306 e. The predicted molar refractivity (Wildman–Crippen MR) is 97.2 cm³/mol. The Morgan fingerprint density at radius 1 is 1.08 bits per heavy atom. The van der Waals surface area contributed by atoms with Gasteiger partial charge in [-0.3, -0.25) is 4.68 Å². The summed E-state index contributed by atoms with van der Waals surface area (Å²) in [6.45, 7) is 3.05. The number of rotatable bonds is 8. The van der Waals surface area contributed by atoms with Gasteiger partial charge in [-0.1, -0.05) is 42.1 Å². The molecule has 3 aromatic rings. The van der Waals surface area contributed by atoms with Crippen molar-refractivity contribution in [2.45, 2.75) is 37.9 Å². The van der Waals surface area contributed by atoms with E-state index in [2.05, 4.69) is 57.2 Å². The fourth-order valence-electron chi connectivity index (χ4n) is 2.69. The quantitative estimate of drug-likeness (QED) is 0.466. The fraction of sp³-hybridized carbons (Fsp3) is 0.389. The Kier molecular flexibility index (Phi) is 5.69. The largest absolute Gasteiger partial charge is 0.306 e. The van der Waals surface area contributed by atoms with Gasteiger partial charge in [0.1, 0.15) is 5.82 Å². The van der Waals surface area contributed by atoms with E-state index in [1.807, 2.05) is 24.0 Å². The van der Waals surface area contributed by atoms with Gasteiger partial charge < -0.3 is 4.57 Å². The van der Waals surface area contributed by atoms with Crippen LogP contribution < -0.4 is 0 Å². The minimum atomic E-state index is 0.831. The highest BCUT2D eigenvalue weighted by Crippen LogP contribution is 2.20. The zero-order valence-corrected chi connectivity index (χ0v) is 15.0. The third-order valence-electron chi connectivity index (χ3n) is 3.91. The first-order valence-electron chi connectivity index (χ1n) is 8.32. The summed E-state index contributed by atoms with van der Waals surface area (Å²) in [7, 11) is 1.95. The summed E-state index contributed by atoms with van der Waals surface area (Å²) in [5.41, 5.74) is 2.56. The van der Waals surface area contributed by atoms with E-state index in [1.165, 1.54) is 11.1 Å². The Morgan fingerprint density at radius 2 is 1.92 bits per heavy atom. The molecule has 0 atom stereocenters. The van der Waals surface area contributed by atoms with E-state index in [0.717, 1.165) is 42.5 Å². The van der Waals surface area contributed by atoms with Gasteiger partial charge in [0.05, 0.1) is 6.20 Å². The van der Waals surface area contributed by atoms with Crippen LogP contribution in [0.15, 0.2) is 47.9 Å². The maximum absolute atomic E-state index is 4.40. The van der Waals surface area contributed by atoms with Crippen LogP contribution in [0, 0.1) is 0 Å². The number of benzene rings is 1. The molecule has 0 spiro atoms. The van der Waals surface area contributed by atoms with Crippen molar-refractivity contribution >= 4 is 11.8 Å². The number of nitrogens with zero attached hydrogens (tertiary/aromatic N) is 5. The third kappa shape index (κ3) is 4.26. The number of hydrogen-bond donors (Lipinski definition) is 0. The van der Waals surface area contributed by atoms with Gasteiger partial charge in [-0.15, -0.1) is 10.2 Å². The number of thioether (sulfide) groups is 1. The first-order chi connectivity index (χ1) is 11.8. The lowest BCUT2D eigenvalue weighted by molar-refractivity contribution is 0.651. The van der Waals surface area contributed by atoms with Crippen molar-refractivity contribution in [1.82, 2.24) is 24.5 Å². The lowest BCUT2D eigenvalue weighted by Crippen LogP contribution is -2.04. The normalized spacial score (nSPS) is 11.1. The molecule has 3 rings (SSSR count). The van der Waals surface area contributed by atoms with Crippen LogP contribution in [0.1, 0.15) is 30.3 Å². The van der Waals surface area contributed by atoms with Gasteiger partial charge in [-0.2, -0.15) is 5.10 Å². The summed E-state index contributed by atoms with van der Waals surface area (Å²) in [5, 5.41) is 14.0. The molecule has 0 aliphatic carbocycles. The molecule has 0 aliphatic rings. The molecular formula is C18H23N5S.